The summed E-state index contributed by atoms with van der Waals surface area (Å²) in [4.78, 5) is 10.9. The molecule has 1 saturated heterocycles. The number of hydrogen-bond acceptors (Lipinski definition) is 3. The summed E-state index contributed by atoms with van der Waals surface area (Å²) >= 11 is 0. The fourth-order valence-electron chi connectivity index (χ4n) is 3.72. The maximum absolute atomic E-state index is 10.9. The number of allylic oxidation sites excluding steroid dienone is 4. The molecule has 3 rings (SSSR count). The van der Waals surface area contributed by atoms with Crippen molar-refractivity contribution in [2.24, 2.45) is 23.7 Å². The molecule has 2 N–H and O–H groups in total. The van der Waals surface area contributed by atoms with Crippen molar-refractivity contribution >= 4 is 6.29 Å². The molecule has 108 valence electrons. The maximum Gasteiger partial charge on any atom is 0.120 e. The van der Waals surface area contributed by atoms with Gasteiger partial charge in [-0.3, -0.25) is 0 Å². The van der Waals surface area contributed by atoms with Crippen LogP contribution in [0.4, 0.5) is 0 Å². The second kappa shape index (κ2) is 6.40. The number of nitrogens with one attached hydrogen (secondary N) is 2. The molecular weight excluding hydrogens is 248 g/mol. The van der Waals surface area contributed by atoms with E-state index in [0.29, 0.717) is 30.1 Å². The Morgan fingerprint density at radius 3 is 3.10 bits per heavy atom. The van der Waals surface area contributed by atoms with E-state index in [4.69, 9.17) is 0 Å². The monoisotopic (exact) mass is 272 g/mol. The Labute approximate surface area is 121 Å². The number of fused-ring (bicyclic) bond motifs is 1. The molecule has 0 spiro atoms. The Kier molecular flexibility index (Phi) is 4.36. The van der Waals surface area contributed by atoms with Crippen molar-refractivity contribution in [2.75, 3.05) is 19.6 Å². The molecule has 2 heterocycles. The van der Waals surface area contributed by atoms with Crippen LogP contribution in [0.1, 0.15) is 19.3 Å². The Hall–Kier alpha value is -1.35. The molecule has 20 heavy (non-hydrogen) atoms. The highest BCUT2D eigenvalue weighted by atomic mass is 16.1. The molecule has 4 unspecified atom stereocenters. The van der Waals surface area contributed by atoms with E-state index in [1.807, 2.05) is 0 Å². The Morgan fingerprint density at radius 2 is 2.20 bits per heavy atom. The molecule has 0 radical (unpaired) electrons. The lowest BCUT2D eigenvalue weighted by molar-refractivity contribution is -0.109. The average Bonchev–Trinajstić information content (AvgIpc) is 2.72. The van der Waals surface area contributed by atoms with Crippen molar-refractivity contribution in [2.45, 2.75) is 19.3 Å². The topological polar surface area (TPSA) is 41.1 Å². The second-order valence-corrected chi connectivity index (χ2v) is 6.13. The lowest BCUT2D eigenvalue weighted by atomic mass is 9.74. The van der Waals surface area contributed by atoms with Gasteiger partial charge in [-0.05, 0) is 48.9 Å². The van der Waals surface area contributed by atoms with Gasteiger partial charge in [0, 0.05) is 25.4 Å². The lowest BCUT2D eigenvalue weighted by Crippen LogP contribution is -2.38. The summed E-state index contributed by atoms with van der Waals surface area (Å²) in [5.41, 5.74) is 1.43. The predicted octanol–water partition coefficient (Wildman–Crippen LogP) is 2.04. The Bertz CT molecular complexity index is 438. The van der Waals surface area contributed by atoms with E-state index in [-0.39, 0.29) is 0 Å². The molecule has 0 aromatic rings. The number of rotatable bonds is 3. The van der Waals surface area contributed by atoms with Crippen LogP contribution in [0.5, 0.6) is 0 Å². The number of aldehydes is 1. The third kappa shape index (κ3) is 2.88. The molecule has 0 bridgehead atoms. The van der Waals surface area contributed by atoms with E-state index in [1.165, 1.54) is 12.0 Å². The molecule has 3 heteroatoms. The lowest BCUT2D eigenvalue weighted by Gasteiger charge is -2.34. The van der Waals surface area contributed by atoms with Gasteiger partial charge in [0.05, 0.1) is 0 Å². The van der Waals surface area contributed by atoms with E-state index < -0.39 is 0 Å². The molecular formula is C17H24N2O. The van der Waals surface area contributed by atoms with E-state index in [2.05, 4.69) is 41.1 Å². The van der Waals surface area contributed by atoms with Crippen LogP contribution in [-0.4, -0.2) is 25.9 Å². The van der Waals surface area contributed by atoms with Crippen molar-refractivity contribution in [3.8, 4) is 0 Å². The van der Waals surface area contributed by atoms with E-state index in [0.717, 1.165) is 32.3 Å². The summed E-state index contributed by atoms with van der Waals surface area (Å²) in [6.45, 7) is 3.11. The van der Waals surface area contributed by atoms with Crippen molar-refractivity contribution in [1.82, 2.24) is 10.6 Å². The van der Waals surface area contributed by atoms with E-state index in [9.17, 15) is 4.79 Å². The molecule has 4 atom stereocenters. The van der Waals surface area contributed by atoms with Gasteiger partial charge in [0.15, 0.2) is 0 Å². The van der Waals surface area contributed by atoms with Crippen LogP contribution in [0, 0.1) is 23.7 Å². The standard InChI is InChI=1S/C17H24N2O/c20-10-6-14-4-9-19-12-17(14)16-2-1-13-3-7-18-8-5-15(13)11-16/h1-2,5,8,10-11,13-15,17-19H,3-4,6-7,9,12H2. The van der Waals surface area contributed by atoms with Gasteiger partial charge in [-0.25, -0.2) is 0 Å². The molecule has 3 aliphatic rings. The fourth-order valence-corrected chi connectivity index (χ4v) is 3.72. The first kappa shape index (κ1) is 13.6. The minimum absolute atomic E-state index is 0.496. The second-order valence-electron chi connectivity index (χ2n) is 6.13. The zero-order chi connectivity index (χ0) is 13.8. The van der Waals surface area contributed by atoms with Crippen LogP contribution in [0.3, 0.4) is 0 Å². The van der Waals surface area contributed by atoms with Gasteiger partial charge >= 0.3 is 0 Å². The first-order valence-corrected chi connectivity index (χ1v) is 7.83. The molecule has 0 aromatic carbocycles. The maximum atomic E-state index is 10.9. The number of carbonyl (C=O) groups is 1. The Morgan fingerprint density at radius 1 is 1.25 bits per heavy atom. The highest BCUT2D eigenvalue weighted by Gasteiger charge is 2.29. The molecule has 0 saturated carbocycles. The highest BCUT2D eigenvalue weighted by Crippen LogP contribution is 2.35. The zero-order valence-corrected chi connectivity index (χ0v) is 11.9. The molecule has 2 aliphatic heterocycles. The number of carbonyl (C=O) groups excluding carboxylic acids is 1. The average molecular weight is 272 g/mol. The smallest absolute Gasteiger partial charge is 0.120 e. The van der Waals surface area contributed by atoms with Gasteiger partial charge in [-0.2, -0.15) is 0 Å². The van der Waals surface area contributed by atoms with Crippen molar-refractivity contribution in [3.05, 3.63) is 36.1 Å². The van der Waals surface area contributed by atoms with Gasteiger partial charge in [-0.15, -0.1) is 0 Å². The normalized spacial score (nSPS) is 36.5. The molecule has 1 fully saturated rings. The Balaban J connectivity index is 1.78. The highest BCUT2D eigenvalue weighted by molar-refractivity contribution is 5.50. The summed E-state index contributed by atoms with van der Waals surface area (Å²) in [6.07, 6.45) is 15.6. The van der Waals surface area contributed by atoms with Crippen LogP contribution in [0.25, 0.3) is 0 Å². The molecule has 1 aliphatic carbocycles. The van der Waals surface area contributed by atoms with Crippen molar-refractivity contribution in [1.29, 1.82) is 0 Å². The largest absolute Gasteiger partial charge is 0.391 e. The van der Waals surface area contributed by atoms with Crippen molar-refractivity contribution in [3.63, 3.8) is 0 Å². The quantitative estimate of drug-likeness (QED) is 0.773. The summed E-state index contributed by atoms with van der Waals surface area (Å²) in [5.74, 6) is 2.15. The summed E-state index contributed by atoms with van der Waals surface area (Å²) in [6, 6.07) is 0. The molecule has 0 amide bonds. The van der Waals surface area contributed by atoms with Crippen LogP contribution < -0.4 is 10.6 Å². The summed E-state index contributed by atoms with van der Waals surface area (Å²) in [7, 11) is 0. The van der Waals surface area contributed by atoms with Crippen LogP contribution >= 0.6 is 0 Å². The van der Waals surface area contributed by atoms with Crippen LogP contribution in [0.2, 0.25) is 0 Å². The molecule has 3 nitrogen and oxygen atoms in total. The fraction of sp³-hybridized carbons (Fsp3) is 0.588. The third-order valence-corrected chi connectivity index (χ3v) is 4.93. The first-order valence-electron chi connectivity index (χ1n) is 7.83. The van der Waals surface area contributed by atoms with E-state index in [1.54, 1.807) is 0 Å². The van der Waals surface area contributed by atoms with Gasteiger partial charge < -0.3 is 15.4 Å². The van der Waals surface area contributed by atoms with Crippen molar-refractivity contribution < 1.29 is 4.79 Å². The number of piperidine rings is 1. The minimum atomic E-state index is 0.496. The summed E-state index contributed by atoms with van der Waals surface area (Å²) in [5, 5.41) is 6.81. The van der Waals surface area contributed by atoms with Gasteiger partial charge in [-0.1, -0.05) is 24.3 Å². The van der Waals surface area contributed by atoms with Gasteiger partial charge in [0.1, 0.15) is 6.29 Å². The van der Waals surface area contributed by atoms with Crippen LogP contribution in [-0.2, 0) is 4.79 Å². The zero-order valence-electron chi connectivity index (χ0n) is 11.9. The SMILES string of the molecule is O=CCC1CCNCC1C1=CC2C=CNCCC2C=C1. The first-order chi connectivity index (χ1) is 9.88. The number of hydrogen-bond donors (Lipinski definition) is 2. The summed E-state index contributed by atoms with van der Waals surface area (Å²) < 4.78 is 0. The van der Waals surface area contributed by atoms with Gasteiger partial charge in [0.2, 0.25) is 0 Å². The van der Waals surface area contributed by atoms with Crippen LogP contribution in [0.15, 0.2) is 36.1 Å². The van der Waals surface area contributed by atoms with Gasteiger partial charge in [0.25, 0.3) is 0 Å². The van der Waals surface area contributed by atoms with E-state index >= 15 is 0 Å². The third-order valence-electron chi connectivity index (χ3n) is 4.93. The molecule has 0 aromatic heterocycles. The minimum Gasteiger partial charge on any atom is -0.391 e. The predicted molar refractivity (Wildman–Crippen MR) is 81.1 cm³/mol.